The number of nitrogens with one attached hydrogen (secondary N) is 2. The molecule has 1 aromatic heterocycles. The van der Waals surface area contributed by atoms with Crippen LogP contribution in [-0.4, -0.2) is 65.2 Å². The zero-order chi connectivity index (χ0) is 21.1. The number of benzene rings is 1. The number of hydrogen-bond acceptors (Lipinski definition) is 7. The average Bonchev–Trinajstić information content (AvgIpc) is 3.38. The molecule has 0 aliphatic carbocycles. The molecule has 0 unspecified atom stereocenters. The second-order valence-corrected chi connectivity index (χ2v) is 7.80. The molecule has 0 spiro atoms. The number of aromatic nitrogens is 2. The third-order valence-electron chi connectivity index (χ3n) is 5.68. The van der Waals surface area contributed by atoms with E-state index < -0.39 is 0 Å². The van der Waals surface area contributed by atoms with Gasteiger partial charge in [0.15, 0.2) is 0 Å². The molecule has 2 N–H and O–H groups in total. The zero-order valence-corrected chi connectivity index (χ0v) is 17.3. The summed E-state index contributed by atoms with van der Waals surface area (Å²) < 4.78 is 11.0. The molecule has 3 heterocycles. The summed E-state index contributed by atoms with van der Waals surface area (Å²) in [7, 11) is 1.62. The second kappa shape index (κ2) is 8.83. The zero-order valence-electron chi connectivity index (χ0n) is 17.3. The lowest BCUT2D eigenvalue weighted by Crippen LogP contribution is -2.58. The van der Waals surface area contributed by atoms with Gasteiger partial charge < -0.3 is 19.8 Å². The highest BCUT2D eigenvalue weighted by molar-refractivity contribution is 5.83. The van der Waals surface area contributed by atoms with E-state index >= 15 is 0 Å². The first-order valence-corrected chi connectivity index (χ1v) is 10.4. The SMILES string of the molecule is CCCC(=O)N[C@H]1C[C@H]2C(=O)NC[C@@H](Cc3nnc(-c4ccc(OC)cc4)o3)N2C1. The molecule has 0 bridgehead atoms. The van der Waals surface area contributed by atoms with Gasteiger partial charge in [-0.1, -0.05) is 6.92 Å². The van der Waals surface area contributed by atoms with Crippen LogP contribution in [0.1, 0.15) is 32.1 Å². The maximum Gasteiger partial charge on any atom is 0.247 e. The fourth-order valence-electron chi connectivity index (χ4n) is 4.18. The summed E-state index contributed by atoms with van der Waals surface area (Å²) in [6.45, 7) is 3.15. The molecule has 2 fully saturated rings. The van der Waals surface area contributed by atoms with Gasteiger partial charge in [-0.3, -0.25) is 14.5 Å². The molecule has 9 nitrogen and oxygen atoms in total. The monoisotopic (exact) mass is 413 g/mol. The van der Waals surface area contributed by atoms with E-state index in [1.165, 1.54) is 0 Å². The molecule has 4 rings (SSSR count). The van der Waals surface area contributed by atoms with Crippen molar-refractivity contribution in [3.05, 3.63) is 30.2 Å². The van der Waals surface area contributed by atoms with E-state index in [0.717, 1.165) is 17.7 Å². The molecule has 2 aliphatic rings. The Morgan fingerprint density at radius 2 is 2.13 bits per heavy atom. The summed E-state index contributed by atoms with van der Waals surface area (Å²) in [5.74, 6) is 1.80. The van der Waals surface area contributed by atoms with Crippen LogP contribution >= 0.6 is 0 Å². The quantitative estimate of drug-likeness (QED) is 0.701. The predicted molar refractivity (Wildman–Crippen MR) is 109 cm³/mol. The van der Waals surface area contributed by atoms with E-state index in [1.54, 1.807) is 7.11 Å². The third-order valence-corrected chi connectivity index (χ3v) is 5.68. The molecular formula is C21H27N5O4. The maximum absolute atomic E-state index is 12.3. The van der Waals surface area contributed by atoms with E-state index in [4.69, 9.17) is 9.15 Å². The van der Waals surface area contributed by atoms with Crippen LogP contribution in [0.3, 0.4) is 0 Å². The summed E-state index contributed by atoms with van der Waals surface area (Å²) in [6.07, 6.45) is 2.48. The van der Waals surface area contributed by atoms with Crippen LogP contribution < -0.4 is 15.4 Å². The van der Waals surface area contributed by atoms with Crippen molar-refractivity contribution in [3.63, 3.8) is 0 Å². The fourth-order valence-corrected chi connectivity index (χ4v) is 4.18. The number of nitrogens with zero attached hydrogens (tertiary/aromatic N) is 3. The van der Waals surface area contributed by atoms with Crippen molar-refractivity contribution in [1.82, 2.24) is 25.7 Å². The van der Waals surface area contributed by atoms with E-state index in [0.29, 0.717) is 44.1 Å². The Hall–Kier alpha value is -2.94. The summed E-state index contributed by atoms with van der Waals surface area (Å²) >= 11 is 0. The number of hydrogen-bond donors (Lipinski definition) is 2. The molecule has 0 radical (unpaired) electrons. The van der Waals surface area contributed by atoms with Gasteiger partial charge in [-0.05, 0) is 37.1 Å². The Morgan fingerprint density at radius 1 is 1.33 bits per heavy atom. The molecule has 2 aliphatic heterocycles. The first kappa shape index (κ1) is 20.3. The molecule has 2 saturated heterocycles. The van der Waals surface area contributed by atoms with Crippen molar-refractivity contribution in [2.24, 2.45) is 0 Å². The van der Waals surface area contributed by atoms with Gasteiger partial charge in [-0.25, -0.2) is 0 Å². The molecular weight excluding hydrogens is 386 g/mol. The smallest absolute Gasteiger partial charge is 0.247 e. The number of piperazine rings is 1. The number of ether oxygens (including phenoxy) is 1. The van der Waals surface area contributed by atoms with Gasteiger partial charge in [0, 0.05) is 43.6 Å². The lowest BCUT2D eigenvalue weighted by atomic mass is 10.1. The molecule has 160 valence electrons. The Bertz CT molecular complexity index is 897. The molecule has 2 aromatic rings. The normalized spacial score (nSPS) is 23.7. The number of carbonyl (C=O) groups is 2. The summed E-state index contributed by atoms with van der Waals surface area (Å²) in [5.41, 5.74) is 0.823. The van der Waals surface area contributed by atoms with Crippen LogP contribution in [0.5, 0.6) is 5.75 Å². The fraction of sp³-hybridized carbons (Fsp3) is 0.524. The molecule has 30 heavy (non-hydrogen) atoms. The Kier molecular flexibility index (Phi) is 5.98. The van der Waals surface area contributed by atoms with Crippen molar-refractivity contribution < 1.29 is 18.7 Å². The minimum atomic E-state index is -0.236. The summed E-state index contributed by atoms with van der Waals surface area (Å²) in [5, 5.41) is 14.4. The van der Waals surface area contributed by atoms with Gasteiger partial charge in [-0.2, -0.15) is 0 Å². The van der Waals surface area contributed by atoms with Gasteiger partial charge >= 0.3 is 0 Å². The Balaban J connectivity index is 1.42. The van der Waals surface area contributed by atoms with Crippen LogP contribution in [-0.2, 0) is 16.0 Å². The number of rotatable bonds is 7. The van der Waals surface area contributed by atoms with Crippen molar-refractivity contribution in [1.29, 1.82) is 0 Å². The lowest BCUT2D eigenvalue weighted by Gasteiger charge is -2.36. The predicted octanol–water partition coefficient (Wildman–Crippen LogP) is 1.15. The first-order chi connectivity index (χ1) is 14.6. The molecule has 3 atom stereocenters. The summed E-state index contributed by atoms with van der Waals surface area (Å²) in [4.78, 5) is 26.5. The van der Waals surface area contributed by atoms with Crippen LogP contribution in [0.2, 0.25) is 0 Å². The minimum absolute atomic E-state index is 0.0158. The number of amides is 2. The standard InChI is InChI=1S/C21H27N5O4/c1-3-4-18(27)23-14-9-17-20(28)22-11-15(26(17)12-14)10-19-24-25-21(30-19)13-5-7-16(29-2)8-6-13/h5-8,14-15,17H,3-4,9-12H2,1-2H3,(H,22,28)(H,23,27)/t14-,15+,17-/m0/s1. The largest absolute Gasteiger partial charge is 0.497 e. The van der Waals surface area contributed by atoms with Crippen LogP contribution in [0, 0.1) is 0 Å². The van der Waals surface area contributed by atoms with Crippen molar-refractivity contribution >= 4 is 11.8 Å². The summed E-state index contributed by atoms with van der Waals surface area (Å²) in [6, 6.07) is 7.23. The number of fused-ring (bicyclic) bond motifs is 1. The van der Waals surface area contributed by atoms with Crippen molar-refractivity contribution in [2.45, 2.75) is 50.7 Å². The van der Waals surface area contributed by atoms with E-state index in [1.807, 2.05) is 31.2 Å². The highest BCUT2D eigenvalue weighted by Crippen LogP contribution is 2.27. The van der Waals surface area contributed by atoms with Crippen LogP contribution in [0.15, 0.2) is 28.7 Å². The first-order valence-electron chi connectivity index (χ1n) is 10.4. The maximum atomic E-state index is 12.3. The lowest BCUT2D eigenvalue weighted by molar-refractivity contribution is -0.129. The molecule has 0 saturated carbocycles. The number of methoxy groups -OCH3 is 1. The Labute approximate surface area is 175 Å². The van der Waals surface area contributed by atoms with Gasteiger partial charge in [0.2, 0.25) is 23.6 Å². The van der Waals surface area contributed by atoms with Gasteiger partial charge in [-0.15, -0.1) is 10.2 Å². The molecule has 9 heteroatoms. The van der Waals surface area contributed by atoms with Crippen LogP contribution in [0.25, 0.3) is 11.5 Å². The van der Waals surface area contributed by atoms with Crippen LogP contribution in [0.4, 0.5) is 0 Å². The number of carbonyl (C=O) groups excluding carboxylic acids is 2. The van der Waals surface area contributed by atoms with Crippen molar-refractivity contribution in [2.75, 3.05) is 20.2 Å². The van der Waals surface area contributed by atoms with E-state index in [-0.39, 0.29) is 29.9 Å². The van der Waals surface area contributed by atoms with E-state index in [9.17, 15) is 9.59 Å². The second-order valence-electron chi connectivity index (χ2n) is 7.80. The van der Waals surface area contributed by atoms with Gasteiger partial charge in [0.25, 0.3) is 0 Å². The molecule has 2 amide bonds. The molecule has 1 aromatic carbocycles. The van der Waals surface area contributed by atoms with E-state index in [2.05, 4.69) is 25.7 Å². The average molecular weight is 413 g/mol. The highest BCUT2D eigenvalue weighted by atomic mass is 16.5. The topological polar surface area (TPSA) is 110 Å². The highest BCUT2D eigenvalue weighted by Gasteiger charge is 2.44. The third kappa shape index (κ3) is 4.30. The Morgan fingerprint density at radius 3 is 2.87 bits per heavy atom. The van der Waals surface area contributed by atoms with Gasteiger partial charge in [0.1, 0.15) is 5.75 Å². The van der Waals surface area contributed by atoms with Crippen molar-refractivity contribution in [3.8, 4) is 17.2 Å². The minimum Gasteiger partial charge on any atom is -0.497 e. The van der Waals surface area contributed by atoms with Gasteiger partial charge in [0.05, 0.1) is 13.2 Å².